The first kappa shape index (κ1) is 8.66. The van der Waals surface area contributed by atoms with Crippen molar-refractivity contribution < 1.29 is 9.90 Å². The van der Waals surface area contributed by atoms with Gasteiger partial charge in [0, 0.05) is 11.5 Å². The molecule has 0 aromatic carbocycles. The van der Waals surface area contributed by atoms with Crippen LogP contribution >= 0.6 is 11.5 Å². The van der Waals surface area contributed by atoms with E-state index in [-0.39, 0.29) is 16.5 Å². The molecule has 1 aromatic rings. The van der Waals surface area contributed by atoms with Gasteiger partial charge in [0.15, 0.2) is 11.0 Å². The third-order valence-electron chi connectivity index (χ3n) is 1.20. The first-order chi connectivity index (χ1) is 5.65. The number of nitrogen functional groups attached to an aromatic ring is 1. The minimum Gasteiger partial charge on any atom is -0.478 e. The van der Waals surface area contributed by atoms with Crippen LogP contribution in [0.15, 0.2) is 6.08 Å². The van der Waals surface area contributed by atoms with Crippen LogP contribution in [0.25, 0.3) is 5.57 Å². The highest BCUT2D eigenvalue weighted by molar-refractivity contribution is 7.09. The zero-order valence-electron chi connectivity index (χ0n) is 6.31. The lowest BCUT2D eigenvalue weighted by Gasteiger charge is -1.92. The summed E-state index contributed by atoms with van der Waals surface area (Å²) in [5.74, 6) is -0.872. The molecule has 0 unspecified atom stereocenters. The van der Waals surface area contributed by atoms with Crippen LogP contribution < -0.4 is 5.73 Å². The zero-order chi connectivity index (χ0) is 9.14. The van der Waals surface area contributed by atoms with Crippen molar-refractivity contribution in [2.45, 2.75) is 6.92 Å². The second-order valence-corrected chi connectivity index (χ2v) is 2.75. The standard InChI is InChI=1S/C6H7N3O2S/c1-2-3(5(10)11)4-8-6(7)12-9-4/h2H,1H3,(H,10,11)(H2,7,8,9)/b3-2+. The molecule has 0 fully saturated rings. The Morgan fingerprint density at radius 1 is 1.75 bits per heavy atom. The molecule has 0 saturated carbocycles. The minimum atomic E-state index is -1.05. The van der Waals surface area contributed by atoms with Crippen LogP contribution in [0.1, 0.15) is 12.7 Å². The maximum atomic E-state index is 10.6. The lowest BCUT2D eigenvalue weighted by Crippen LogP contribution is -2.01. The number of aliphatic carboxylic acids is 1. The number of hydrogen-bond acceptors (Lipinski definition) is 5. The maximum Gasteiger partial charge on any atom is 0.339 e. The van der Waals surface area contributed by atoms with Crippen molar-refractivity contribution in [3.63, 3.8) is 0 Å². The molecule has 1 aromatic heterocycles. The number of hydrogen-bond donors (Lipinski definition) is 2. The molecule has 1 heterocycles. The van der Waals surface area contributed by atoms with Crippen LogP contribution in [0.3, 0.4) is 0 Å². The van der Waals surface area contributed by atoms with Crippen LogP contribution in [-0.4, -0.2) is 20.4 Å². The number of allylic oxidation sites excluding steroid dienone is 1. The Labute approximate surface area is 72.7 Å². The fraction of sp³-hybridized carbons (Fsp3) is 0.167. The second-order valence-electron chi connectivity index (χ2n) is 1.96. The van der Waals surface area contributed by atoms with E-state index in [0.717, 1.165) is 11.5 Å². The Balaban J connectivity index is 3.04. The molecule has 0 aliphatic rings. The van der Waals surface area contributed by atoms with Crippen LogP contribution in [-0.2, 0) is 4.79 Å². The van der Waals surface area contributed by atoms with E-state index < -0.39 is 5.97 Å². The molecule has 0 aliphatic heterocycles. The van der Waals surface area contributed by atoms with E-state index >= 15 is 0 Å². The Morgan fingerprint density at radius 3 is 2.75 bits per heavy atom. The van der Waals surface area contributed by atoms with Gasteiger partial charge < -0.3 is 10.8 Å². The number of carbonyl (C=O) groups is 1. The van der Waals surface area contributed by atoms with Crippen molar-refractivity contribution >= 4 is 28.2 Å². The van der Waals surface area contributed by atoms with Crippen LogP contribution in [0.5, 0.6) is 0 Å². The summed E-state index contributed by atoms with van der Waals surface area (Å²) in [6, 6.07) is 0. The van der Waals surface area contributed by atoms with Crippen LogP contribution in [0, 0.1) is 0 Å². The Kier molecular flexibility index (Phi) is 2.39. The summed E-state index contributed by atoms with van der Waals surface area (Å²) in [6.45, 7) is 1.61. The molecule has 0 radical (unpaired) electrons. The summed E-state index contributed by atoms with van der Waals surface area (Å²) in [7, 11) is 0. The minimum absolute atomic E-state index is 0.0722. The molecule has 0 bridgehead atoms. The summed E-state index contributed by atoms with van der Waals surface area (Å²) < 4.78 is 3.76. The second kappa shape index (κ2) is 3.31. The monoisotopic (exact) mass is 185 g/mol. The predicted molar refractivity (Wildman–Crippen MR) is 45.6 cm³/mol. The predicted octanol–water partition coefficient (Wildman–Crippen LogP) is 0.608. The summed E-state index contributed by atoms with van der Waals surface area (Å²) >= 11 is 0.978. The molecular formula is C6H7N3O2S. The normalized spacial score (nSPS) is 11.6. The SMILES string of the molecule is C/C=C(/C(=O)O)c1nsc(N)n1. The smallest absolute Gasteiger partial charge is 0.339 e. The molecule has 64 valence electrons. The van der Waals surface area contributed by atoms with Gasteiger partial charge in [-0.2, -0.15) is 9.36 Å². The van der Waals surface area contributed by atoms with Crippen molar-refractivity contribution in [3.05, 3.63) is 11.9 Å². The number of anilines is 1. The lowest BCUT2D eigenvalue weighted by molar-refractivity contribution is -0.130. The third-order valence-corrected chi connectivity index (χ3v) is 1.74. The van der Waals surface area contributed by atoms with E-state index in [2.05, 4.69) is 9.36 Å². The average molecular weight is 185 g/mol. The van der Waals surface area contributed by atoms with Gasteiger partial charge in [-0.05, 0) is 6.92 Å². The van der Waals surface area contributed by atoms with Crippen molar-refractivity contribution in [2.75, 3.05) is 5.73 Å². The van der Waals surface area contributed by atoms with Gasteiger partial charge in [0.2, 0.25) is 0 Å². The largest absolute Gasteiger partial charge is 0.478 e. The summed E-state index contributed by atoms with van der Waals surface area (Å²) in [5, 5.41) is 8.92. The third kappa shape index (κ3) is 1.59. The van der Waals surface area contributed by atoms with Gasteiger partial charge in [-0.3, -0.25) is 0 Å². The lowest BCUT2D eigenvalue weighted by atomic mass is 10.2. The van der Waals surface area contributed by atoms with Gasteiger partial charge in [-0.15, -0.1) is 0 Å². The fourth-order valence-electron chi connectivity index (χ4n) is 0.693. The highest BCUT2D eigenvalue weighted by Crippen LogP contribution is 2.14. The molecule has 5 nitrogen and oxygen atoms in total. The van der Waals surface area contributed by atoms with Crippen molar-refractivity contribution in [1.82, 2.24) is 9.36 Å². The number of rotatable bonds is 2. The number of carboxylic acids is 1. The fourth-order valence-corrected chi connectivity index (χ4v) is 1.14. The van der Waals surface area contributed by atoms with Crippen LogP contribution in [0.2, 0.25) is 0 Å². The molecule has 0 saturated heterocycles. The molecule has 0 amide bonds. The molecule has 0 spiro atoms. The topological polar surface area (TPSA) is 89.1 Å². The Bertz CT molecular complexity index is 331. The zero-order valence-corrected chi connectivity index (χ0v) is 7.13. The van der Waals surface area contributed by atoms with Crippen molar-refractivity contribution in [2.24, 2.45) is 0 Å². The Morgan fingerprint density at radius 2 is 2.42 bits per heavy atom. The van der Waals surface area contributed by atoms with Crippen LogP contribution in [0.4, 0.5) is 5.13 Å². The average Bonchev–Trinajstić information content (AvgIpc) is 2.37. The highest BCUT2D eigenvalue weighted by Gasteiger charge is 2.13. The number of nitrogens with two attached hydrogens (primary N) is 1. The molecule has 3 N–H and O–H groups in total. The molecule has 6 heteroatoms. The number of carboxylic acid groups (broad SMARTS) is 1. The highest BCUT2D eigenvalue weighted by atomic mass is 32.1. The van der Waals surface area contributed by atoms with Gasteiger partial charge >= 0.3 is 5.97 Å². The van der Waals surface area contributed by atoms with E-state index in [1.165, 1.54) is 6.08 Å². The van der Waals surface area contributed by atoms with E-state index in [9.17, 15) is 4.79 Å². The summed E-state index contributed by atoms with van der Waals surface area (Å²) in [4.78, 5) is 14.3. The quantitative estimate of drug-likeness (QED) is 0.659. The van der Waals surface area contributed by atoms with Gasteiger partial charge in [0.25, 0.3) is 0 Å². The number of aromatic nitrogens is 2. The number of nitrogens with zero attached hydrogens (tertiary/aromatic N) is 2. The van der Waals surface area contributed by atoms with Gasteiger partial charge in [-0.1, -0.05) is 6.08 Å². The van der Waals surface area contributed by atoms with Gasteiger partial charge in [0.05, 0.1) is 0 Å². The van der Waals surface area contributed by atoms with E-state index in [1.807, 2.05) is 0 Å². The van der Waals surface area contributed by atoms with Crippen molar-refractivity contribution in [3.8, 4) is 0 Å². The molecule has 12 heavy (non-hydrogen) atoms. The van der Waals surface area contributed by atoms with Gasteiger partial charge in [-0.25, -0.2) is 4.79 Å². The first-order valence-corrected chi connectivity index (χ1v) is 3.91. The van der Waals surface area contributed by atoms with Crippen molar-refractivity contribution in [1.29, 1.82) is 0 Å². The Hall–Kier alpha value is -1.43. The summed E-state index contributed by atoms with van der Waals surface area (Å²) in [6.07, 6.45) is 1.43. The molecule has 1 rings (SSSR count). The first-order valence-electron chi connectivity index (χ1n) is 3.14. The molecule has 0 aliphatic carbocycles. The molecule has 0 atom stereocenters. The van der Waals surface area contributed by atoms with E-state index in [1.54, 1.807) is 6.92 Å². The van der Waals surface area contributed by atoms with E-state index in [0.29, 0.717) is 0 Å². The van der Waals surface area contributed by atoms with Gasteiger partial charge in [0.1, 0.15) is 5.57 Å². The maximum absolute atomic E-state index is 10.6. The van der Waals surface area contributed by atoms with E-state index in [4.69, 9.17) is 10.8 Å². The summed E-state index contributed by atoms with van der Waals surface area (Å²) in [5.41, 5.74) is 5.37. The molecular weight excluding hydrogens is 178 g/mol.